The van der Waals surface area contributed by atoms with Gasteiger partial charge in [-0.15, -0.1) is 0 Å². The maximum atomic E-state index is 14.8. The number of ether oxygens (including phenoxy) is 4. The molecule has 6 unspecified atom stereocenters. The summed E-state index contributed by atoms with van der Waals surface area (Å²) in [7, 11) is 0. The number of nitrogens with one attached hydrogen (secondary N) is 2. The molecule has 3 saturated heterocycles. The second kappa shape index (κ2) is 18.2. The lowest BCUT2D eigenvalue weighted by molar-refractivity contribution is -0.224. The molecule has 0 aromatic heterocycles. The van der Waals surface area contributed by atoms with Crippen molar-refractivity contribution in [2.75, 3.05) is 26.4 Å². The third kappa shape index (κ3) is 8.51. The molecule has 0 spiro atoms. The Labute approximate surface area is 317 Å². The lowest BCUT2D eigenvalue weighted by Crippen LogP contribution is -2.69. The zero-order valence-corrected chi connectivity index (χ0v) is 31.4. The van der Waals surface area contributed by atoms with Crippen molar-refractivity contribution >= 4 is 23.9 Å². The largest absolute Gasteiger partial charge is 0.499 e. The third-order valence-electron chi connectivity index (χ3n) is 10.9. The van der Waals surface area contributed by atoms with Crippen molar-refractivity contribution in [2.45, 2.75) is 121 Å². The number of esters is 1. The molecule has 54 heavy (non-hydrogen) atoms. The van der Waals surface area contributed by atoms with Crippen molar-refractivity contribution in [1.29, 1.82) is 0 Å². The predicted octanol–water partition coefficient (Wildman–Crippen LogP) is 4.15. The summed E-state index contributed by atoms with van der Waals surface area (Å²) < 4.78 is 25.3. The van der Waals surface area contributed by atoms with E-state index in [2.05, 4.69) is 24.5 Å². The number of amides is 2. The van der Waals surface area contributed by atoms with Gasteiger partial charge < -0.3 is 39.8 Å². The van der Waals surface area contributed by atoms with Crippen molar-refractivity contribution in [3.63, 3.8) is 0 Å². The topological polar surface area (TPSA) is 165 Å². The molecule has 2 aromatic rings. The summed E-state index contributed by atoms with van der Waals surface area (Å²) in [5.41, 5.74) is 1.45. The van der Waals surface area contributed by atoms with E-state index in [1.165, 1.54) is 6.26 Å². The quantitative estimate of drug-likeness (QED) is 0.0874. The Kier molecular flexibility index (Phi) is 13.4. The molecule has 0 radical (unpaired) electrons. The first-order valence-corrected chi connectivity index (χ1v) is 19.5. The summed E-state index contributed by atoms with van der Waals surface area (Å²) in [4.78, 5) is 48.3. The highest BCUT2D eigenvalue weighted by molar-refractivity contribution is 5.95. The molecule has 1 aliphatic carbocycles. The van der Waals surface area contributed by atoms with E-state index in [1.54, 1.807) is 29.3 Å². The number of rotatable bonds is 20. The molecule has 2 aromatic carbocycles. The van der Waals surface area contributed by atoms with E-state index in [4.69, 9.17) is 34.0 Å². The predicted molar refractivity (Wildman–Crippen MR) is 198 cm³/mol. The number of carbonyl (C=O) groups is 3. The Bertz CT molecular complexity index is 1630. The molecule has 4 aliphatic rings. The molecule has 2 bridgehead atoms. The standard InChI is InChI=1S/C41H55N3O10/c1-3-5-7-16-40(17-8-6-4-2)52-33-32-25-41(39(49)43-26-29-12-10-14-31(24-29)37(47)42-18-19-45)35(38(48)51-32)44(54-36(41)34(33)53-40)27-30-13-9-11-28(23-30)15-21-50-22-20-46/h9-15,21,23-24,32-36,45-46H,3-8,16-20,22,25-27H2,1-2H3,(H,42,47)(H,43,49). The number of hydroxylamine groups is 2. The minimum absolute atomic E-state index is 0.0876. The number of nitrogens with zero attached hydrogens (tertiary/aromatic N) is 1. The minimum atomic E-state index is -1.35. The Morgan fingerprint density at radius 2 is 1.69 bits per heavy atom. The molecular formula is C41H55N3O10. The van der Waals surface area contributed by atoms with Crippen LogP contribution in [0.1, 0.15) is 98.7 Å². The highest BCUT2D eigenvalue weighted by Gasteiger charge is 2.76. The average Bonchev–Trinajstić information content (AvgIpc) is 3.73. The van der Waals surface area contributed by atoms with Gasteiger partial charge in [0.1, 0.15) is 36.4 Å². The van der Waals surface area contributed by atoms with Gasteiger partial charge in [0, 0.05) is 37.9 Å². The van der Waals surface area contributed by atoms with Gasteiger partial charge in [-0.05, 0) is 47.7 Å². The van der Waals surface area contributed by atoms with Crippen LogP contribution < -0.4 is 10.6 Å². The normalized spacial score (nSPS) is 26.7. The number of aliphatic hydroxyl groups is 2. The molecule has 1 saturated carbocycles. The van der Waals surface area contributed by atoms with Crippen LogP contribution in [-0.4, -0.2) is 95.7 Å². The van der Waals surface area contributed by atoms with Gasteiger partial charge in [0.25, 0.3) is 5.91 Å². The number of hydrogen-bond donors (Lipinski definition) is 4. The Balaban J connectivity index is 1.31. The molecule has 6 rings (SSSR count). The Morgan fingerprint density at radius 1 is 0.944 bits per heavy atom. The fourth-order valence-electron chi connectivity index (χ4n) is 8.36. The summed E-state index contributed by atoms with van der Waals surface area (Å²) >= 11 is 0. The number of fused-ring (bicyclic) bond motifs is 4. The first-order chi connectivity index (χ1) is 26.3. The van der Waals surface area contributed by atoms with Crippen LogP contribution >= 0.6 is 0 Å². The van der Waals surface area contributed by atoms with E-state index < -0.39 is 47.6 Å². The van der Waals surface area contributed by atoms with E-state index >= 15 is 0 Å². The highest BCUT2D eigenvalue weighted by atomic mass is 16.8. The summed E-state index contributed by atoms with van der Waals surface area (Å²) in [6.07, 6.45) is 8.13. The lowest BCUT2D eigenvalue weighted by atomic mass is 9.62. The zero-order valence-electron chi connectivity index (χ0n) is 31.4. The van der Waals surface area contributed by atoms with E-state index in [0.717, 1.165) is 49.7 Å². The van der Waals surface area contributed by atoms with Crippen LogP contribution in [-0.2, 0) is 46.5 Å². The van der Waals surface area contributed by atoms with Crippen molar-refractivity contribution in [1.82, 2.24) is 15.7 Å². The fourth-order valence-corrected chi connectivity index (χ4v) is 8.36. The molecule has 13 heteroatoms. The molecule has 4 N–H and O–H groups in total. The molecule has 2 amide bonds. The fraction of sp³-hybridized carbons (Fsp3) is 0.585. The summed E-state index contributed by atoms with van der Waals surface area (Å²) in [6.45, 7) is 4.67. The van der Waals surface area contributed by atoms with Crippen LogP contribution in [0.4, 0.5) is 0 Å². The number of unbranched alkanes of at least 4 members (excludes halogenated alkanes) is 4. The number of carbonyl (C=O) groups excluding carboxylic acids is 3. The summed E-state index contributed by atoms with van der Waals surface area (Å²) in [5.74, 6) is -2.10. The SMILES string of the molecule is CCCCCC1(CCCCC)OC2C3CC4(C(=O)NCc5cccc(C(=O)NCCO)c5)C(ON(Cc5cccc(C=COCCO)c5)C4C(=O)O3)C2O1. The van der Waals surface area contributed by atoms with Gasteiger partial charge >= 0.3 is 5.97 Å². The highest BCUT2D eigenvalue weighted by Crippen LogP contribution is 2.58. The van der Waals surface area contributed by atoms with Gasteiger partial charge in [0.2, 0.25) is 5.91 Å². The van der Waals surface area contributed by atoms with Crippen LogP contribution in [0.5, 0.6) is 0 Å². The van der Waals surface area contributed by atoms with Crippen LogP contribution in [0.15, 0.2) is 54.8 Å². The first kappa shape index (κ1) is 39.8. The maximum absolute atomic E-state index is 14.8. The van der Waals surface area contributed by atoms with Crippen LogP contribution in [0.3, 0.4) is 0 Å². The molecule has 4 fully saturated rings. The molecule has 3 heterocycles. The van der Waals surface area contributed by atoms with Crippen molar-refractivity contribution in [3.8, 4) is 0 Å². The monoisotopic (exact) mass is 749 g/mol. The van der Waals surface area contributed by atoms with Crippen molar-refractivity contribution in [3.05, 3.63) is 77.0 Å². The van der Waals surface area contributed by atoms with Gasteiger partial charge in [0.05, 0.1) is 26.0 Å². The van der Waals surface area contributed by atoms with Gasteiger partial charge in [-0.3, -0.25) is 19.2 Å². The van der Waals surface area contributed by atoms with Crippen LogP contribution in [0.25, 0.3) is 6.08 Å². The maximum Gasteiger partial charge on any atom is 0.327 e. The molecule has 3 aliphatic heterocycles. The van der Waals surface area contributed by atoms with E-state index in [9.17, 15) is 14.4 Å². The smallest absolute Gasteiger partial charge is 0.327 e. The van der Waals surface area contributed by atoms with E-state index in [0.29, 0.717) is 24.0 Å². The summed E-state index contributed by atoms with van der Waals surface area (Å²) in [5, 5.41) is 25.5. The van der Waals surface area contributed by atoms with Gasteiger partial charge in [-0.2, -0.15) is 5.06 Å². The van der Waals surface area contributed by atoms with Crippen molar-refractivity contribution in [2.24, 2.45) is 5.41 Å². The number of hydrogen-bond acceptors (Lipinski definition) is 11. The Morgan fingerprint density at radius 3 is 2.43 bits per heavy atom. The second-order valence-electron chi connectivity index (χ2n) is 14.7. The van der Waals surface area contributed by atoms with Crippen LogP contribution in [0, 0.1) is 5.41 Å². The van der Waals surface area contributed by atoms with Gasteiger partial charge in [-0.1, -0.05) is 75.9 Å². The molecule has 294 valence electrons. The summed E-state index contributed by atoms with van der Waals surface area (Å²) in [6, 6.07) is 13.5. The molecule has 6 atom stereocenters. The molecule has 13 nitrogen and oxygen atoms in total. The van der Waals surface area contributed by atoms with Crippen LogP contribution in [0.2, 0.25) is 0 Å². The minimum Gasteiger partial charge on any atom is -0.499 e. The average molecular weight is 750 g/mol. The number of benzene rings is 2. The Hall–Kier alpha value is -3.85. The van der Waals surface area contributed by atoms with E-state index in [1.807, 2.05) is 30.3 Å². The second-order valence-corrected chi connectivity index (χ2v) is 14.7. The lowest BCUT2D eigenvalue weighted by Gasteiger charge is -2.48. The number of aliphatic hydroxyl groups excluding tert-OH is 2. The van der Waals surface area contributed by atoms with E-state index in [-0.39, 0.29) is 57.7 Å². The van der Waals surface area contributed by atoms with Gasteiger partial charge in [0.15, 0.2) is 11.8 Å². The zero-order chi connectivity index (χ0) is 38.1. The van der Waals surface area contributed by atoms with Crippen molar-refractivity contribution < 1.29 is 48.4 Å². The third-order valence-corrected chi connectivity index (χ3v) is 10.9. The van der Waals surface area contributed by atoms with Gasteiger partial charge in [-0.25, -0.2) is 0 Å². The molecular weight excluding hydrogens is 694 g/mol. The first-order valence-electron chi connectivity index (χ1n) is 19.5.